The lowest BCUT2D eigenvalue weighted by atomic mass is 10.1. The first kappa shape index (κ1) is 12.4. The van der Waals surface area contributed by atoms with Gasteiger partial charge >= 0.3 is 6.18 Å². The molecule has 76 valence electrons. The number of nitrogens with zero attached hydrogens (tertiary/aromatic N) is 1. The molecule has 0 aliphatic carbocycles. The van der Waals surface area contributed by atoms with Crippen LogP contribution in [0.4, 0.5) is 22.3 Å². The summed E-state index contributed by atoms with van der Waals surface area (Å²) in [5, 5.41) is 8.30. The Labute approximate surface area is 75.9 Å². The molecule has 1 nitrogen and oxygen atoms in total. The van der Waals surface area contributed by atoms with E-state index in [4.69, 9.17) is 5.26 Å². The minimum Gasteiger partial charge on any atom is -0.269 e. The Hall–Kier alpha value is -1.64. The average Bonchev–Trinajstić information content (AvgIpc) is 2.03. The lowest BCUT2D eigenvalue weighted by Gasteiger charge is -2.07. The van der Waals surface area contributed by atoms with Gasteiger partial charge in [0.2, 0.25) is 0 Å². The van der Waals surface area contributed by atoms with Crippen molar-refractivity contribution in [1.82, 2.24) is 0 Å². The zero-order chi connectivity index (χ0) is 10.1. The van der Waals surface area contributed by atoms with Gasteiger partial charge in [-0.1, -0.05) is 0 Å². The van der Waals surface area contributed by atoms with Gasteiger partial charge in [-0.3, -0.25) is 4.70 Å². The Morgan fingerprint density at radius 1 is 1.21 bits per heavy atom. The zero-order valence-corrected chi connectivity index (χ0v) is 6.60. The summed E-state index contributed by atoms with van der Waals surface area (Å²) in [4.78, 5) is 0. The molecule has 0 aliphatic rings. The van der Waals surface area contributed by atoms with Crippen molar-refractivity contribution in [2.75, 3.05) is 0 Å². The van der Waals surface area contributed by atoms with E-state index < -0.39 is 23.1 Å². The third kappa shape index (κ3) is 2.42. The zero-order valence-electron chi connectivity index (χ0n) is 6.60. The molecule has 1 rings (SSSR count). The summed E-state index contributed by atoms with van der Waals surface area (Å²) >= 11 is 0. The highest BCUT2D eigenvalue weighted by Gasteiger charge is 2.33. The summed E-state index contributed by atoms with van der Waals surface area (Å²) in [6.07, 6.45) is -4.69. The Morgan fingerprint density at radius 2 is 1.79 bits per heavy atom. The van der Waals surface area contributed by atoms with Crippen molar-refractivity contribution in [2.24, 2.45) is 0 Å². The van der Waals surface area contributed by atoms with E-state index in [-0.39, 0.29) is 4.70 Å². The molecule has 0 radical (unpaired) electrons. The van der Waals surface area contributed by atoms with Crippen molar-refractivity contribution in [3.8, 4) is 6.07 Å². The number of nitriles is 1. The molecule has 0 bridgehead atoms. The summed E-state index contributed by atoms with van der Waals surface area (Å²) in [6, 6.07) is 3.26. The Morgan fingerprint density at radius 3 is 2.21 bits per heavy atom. The van der Waals surface area contributed by atoms with Crippen LogP contribution in [0.25, 0.3) is 0 Å². The largest absolute Gasteiger partial charge is 0.417 e. The smallest absolute Gasteiger partial charge is 0.269 e. The van der Waals surface area contributed by atoms with Gasteiger partial charge in [-0.15, -0.1) is 0 Å². The summed E-state index contributed by atoms with van der Waals surface area (Å²) in [5.74, 6) is -1.01. The third-order valence-corrected chi connectivity index (χ3v) is 1.41. The first-order chi connectivity index (χ1) is 5.95. The van der Waals surface area contributed by atoms with Gasteiger partial charge in [0.15, 0.2) is 0 Å². The van der Waals surface area contributed by atoms with E-state index in [9.17, 15) is 17.6 Å². The van der Waals surface area contributed by atoms with E-state index in [2.05, 4.69) is 0 Å². The predicted molar refractivity (Wildman–Crippen MR) is 38.6 cm³/mol. The number of hydrogen-bond acceptors (Lipinski definition) is 1. The quantitative estimate of drug-likeness (QED) is 0.602. The van der Waals surface area contributed by atoms with E-state index in [1.165, 1.54) is 6.07 Å². The second-order valence-corrected chi connectivity index (χ2v) is 2.30. The second-order valence-electron chi connectivity index (χ2n) is 2.30. The predicted octanol–water partition coefficient (Wildman–Crippen LogP) is 2.87. The maximum Gasteiger partial charge on any atom is 0.417 e. The van der Waals surface area contributed by atoms with Crippen molar-refractivity contribution in [3.63, 3.8) is 0 Å². The number of alkyl halides is 3. The number of halogens is 5. The molecule has 0 atom stereocenters. The summed E-state index contributed by atoms with van der Waals surface area (Å²) in [6.45, 7) is 0. The maximum atomic E-state index is 12.4. The van der Waals surface area contributed by atoms with Crippen LogP contribution in [0.15, 0.2) is 18.2 Å². The van der Waals surface area contributed by atoms with Gasteiger partial charge in [0, 0.05) is 0 Å². The van der Waals surface area contributed by atoms with Crippen LogP contribution in [0.1, 0.15) is 11.1 Å². The highest BCUT2D eigenvalue weighted by atomic mass is 19.4. The Bertz CT molecular complexity index is 363. The molecule has 0 saturated heterocycles. The second kappa shape index (κ2) is 4.05. The van der Waals surface area contributed by atoms with Crippen LogP contribution in [-0.2, 0) is 6.18 Å². The molecule has 1 aromatic carbocycles. The van der Waals surface area contributed by atoms with Crippen molar-refractivity contribution in [1.29, 1.82) is 5.26 Å². The van der Waals surface area contributed by atoms with E-state index in [0.29, 0.717) is 6.07 Å². The van der Waals surface area contributed by atoms with Crippen LogP contribution in [0.2, 0.25) is 0 Å². The highest BCUT2D eigenvalue weighted by molar-refractivity contribution is 5.39. The first-order valence-electron chi connectivity index (χ1n) is 3.22. The van der Waals surface area contributed by atoms with Gasteiger partial charge < -0.3 is 0 Å². The Balaban J connectivity index is 0.00000169. The molecule has 0 aromatic heterocycles. The normalized spacial score (nSPS) is 10.2. The fourth-order valence-corrected chi connectivity index (χ4v) is 0.848. The van der Waals surface area contributed by atoms with Gasteiger partial charge in [0.25, 0.3) is 0 Å². The minimum absolute atomic E-state index is 0. The van der Waals surface area contributed by atoms with Crippen LogP contribution >= 0.6 is 0 Å². The van der Waals surface area contributed by atoms with Gasteiger partial charge in [-0.25, -0.2) is 4.39 Å². The average molecular weight is 209 g/mol. The molecule has 1 aromatic rings. The molecule has 6 heteroatoms. The summed E-state index contributed by atoms with van der Waals surface area (Å²) in [5.41, 5.74) is -1.82. The van der Waals surface area contributed by atoms with E-state index in [1.54, 1.807) is 0 Å². The molecule has 0 aliphatic heterocycles. The third-order valence-electron chi connectivity index (χ3n) is 1.41. The van der Waals surface area contributed by atoms with Gasteiger partial charge in [-0.05, 0) is 18.2 Å². The highest BCUT2D eigenvalue weighted by Crippen LogP contribution is 2.31. The van der Waals surface area contributed by atoms with Crippen LogP contribution in [0.5, 0.6) is 0 Å². The summed E-state index contributed by atoms with van der Waals surface area (Å²) < 4.78 is 48.7. The topological polar surface area (TPSA) is 23.8 Å². The van der Waals surface area contributed by atoms with Gasteiger partial charge in [-0.2, -0.15) is 18.4 Å². The molecule has 0 amide bonds. The van der Waals surface area contributed by atoms with E-state index in [0.717, 1.165) is 12.1 Å². The molecular weight excluding hydrogens is 205 g/mol. The standard InChI is InChI=1S/C8H3F4N.FH/c9-6-2-1-5(4-13)7(3-6)8(10,11)12;/h1-3H;1H. The minimum atomic E-state index is -4.69. The maximum absolute atomic E-state index is 12.4. The van der Waals surface area contributed by atoms with Crippen molar-refractivity contribution >= 4 is 0 Å². The van der Waals surface area contributed by atoms with E-state index in [1.807, 2.05) is 0 Å². The monoisotopic (exact) mass is 209 g/mol. The first-order valence-corrected chi connectivity index (χ1v) is 3.22. The van der Waals surface area contributed by atoms with Crippen LogP contribution in [0.3, 0.4) is 0 Å². The number of hydrogen-bond donors (Lipinski definition) is 0. The number of benzene rings is 1. The fourth-order valence-electron chi connectivity index (χ4n) is 0.848. The molecular formula is C8H4F5N. The van der Waals surface area contributed by atoms with E-state index >= 15 is 0 Å². The van der Waals surface area contributed by atoms with Crippen LogP contribution in [-0.4, -0.2) is 0 Å². The number of rotatable bonds is 0. The molecule has 0 fully saturated rings. The molecule has 0 spiro atoms. The fraction of sp³-hybridized carbons (Fsp3) is 0.125. The molecule has 0 heterocycles. The lowest BCUT2D eigenvalue weighted by molar-refractivity contribution is -0.138. The SMILES string of the molecule is F.N#Cc1ccc(F)cc1C(F)(F)F. The lowest BCUT2D eigenvalue weighted by Crippen LogP contribution is -2.08. The van der Waals surface area contributed by atoms with Crippen LogP contribution in [0, 0.1) is 17.1 Å². The molecule has 0 saturated carbocycles. The molecule has 0 unspecified atom stereocenters. The van der Waals surface area contributed by atoms with Crippen molar-refractivity contribution in [3.05, 3.63) is 35.1 Å². The molecule has 14 heavy (non-hydrogen) atoms. The van der Waals surface area contributed by atoms with Crippen LogP contribution < -0.4 is 0 Å². The molecule has 0 N–H and O–H groups in total. The van der Waals surface area contributed by atoms with Crippen molar-refractivity contribution < 1.29 is 22.3 Å². The summed E-state index contributed by atoms with van der Waals surface area (Å²) in [7, 11) is 0. The van der Waals surface area contributed by atoms with Gasteiger partial charge in [0.1, 0.15) is 5.82 Å². The van der Waals surface area contributed by atoms with Crippen molar-refractivity contribution in [2.45, 2.75) is 6.18 Å². The Kier molecular flexibility index (Phi) is 3.57. The van der Waals surface area contributed by atoms with Gasteiger partial charge in [0.05, 0.1) is 17.2 Å².